The molecule has 0 aliphatic rings. The van der Waals surface area contributed by atoms with Gasteiger partial charge < -0.3 is 5.11 Å². The molecule has 0 aliphatic heterocycles. The van der Waals surface area contributed by atoms with Crippen LogP contribution in [0.4, 0.5) is 0 Å². The van der Waals surface area contributed by atoms with Gasteiger partial charge in [0.1, 0.15) is 0 Å². The Hall–Kier alpha value is -0.0900. The Morgan fingerprint density at radius 2 is 1.89 bits per heavy atom. The van der Waals surface area contributed by atoms with E-state index >= 15 is 0 Å². The van der Waals surface area contributed by atoms with Gasteiger partial charge in [-0.25, -0.2) is 8.42 Å². The predicted molar refractivity (Wildman–Crippen MR) is 36.0 cm³/mol. The van der Waals surface area contributed by atoms with Gasteiger partial charge in [-0.1, -0.05) is 0 Å². The van der Waals surface area contributed by atoms with Gasteiger partial charge in [0.2, 0.25) is 0 Å². The van der Waals surface area contributed by atoms with Crippen molar-refractivity contribution in [3.63, 3.8) is 0 Å². The minimum absolute atomic E-state index is 0.120. The maximum Gasteiger partial charge on any atom is 0.154 e. The normalized spacial score (nSPS) is 12.4. The number of aliphatic hydroxyl groups excluding tert-OH is 1. The highest BCUT2D eigenvalue weighted by atomic mass is 32.2. The van der Waals surface area contributed by atoms with Gasteiger partial charge in [0, 0.05) is 0 Å². The van der Waals surface area contributed by atoms with Crippen LogP contribution in [0.2, 0.25) is 0 Å². The molecule has 0 aromatic rings. The largest absolute Gasteiger partial charge is 0.395 e. The highest BCUT2D eigenvalue weighted by Crippen LogP contribution is 1.98. The molecule has 0 radical (unpaired) electrons. The molecule has 0 saturated heterocycles. The molecular weight excluding hydrogens is 140 g/mol. The minimum Gasteiger partial charge on any atom is -0.395 e. The van der Waals surface area contributed by atoms with E-state index in [0.29, 0.717) is 0 Å². The average molecular weight is 152 g/mol. The zero-order valence-electron chi connectivity index (χ0n) is 5.66. The highest BCUT2D eigenvalue weighted by Gasteiger charge is 2.13. The number of aliphatic hydroxyl groups is 1. The van der Waals surface area contributed by atoms with Gasteiger partial charge >= 0.3 is 0 Å². The first-order chi connectivity index (χ1) is 4.00. The molecule has 0 bridgehead atoms. The van der Waals surface area contributed by atoms with E-state index in [1.807, 2.05) is 0 Å². The third kappa shape index (κ3) is 2.81. The quantitative estimate of drug-likeness (QED) is 0.609. The fraction of sp³-hybridized carbons (Fsp3) is 1.00. The zero-order valence-corrected chi connectivity index (χ0v) is 6.48. The van der Waals surface area contributed by atoms with Crippen LogP contribution in [0.25, 0.3) is 0 Å². The molecule has 3 nitrogen and oxygen atoms in total. The molecule has 0 fully saturated rings. The van der Waals surface area contributed by atoms with Gasteiger partial charge in [0.25, 0.3) is 0 Å². The first-order valence-corrected chi connectivity index (χ1v) is 4.54. The van der Waals surface area contributed by atoms with Crippen LogP contribution >= 0.6 is 0 Å². The number of rotatable bonds is 3. The van der Waals surface area contributed by atoms with E-state index in [4.69, 9.17) is 5.11 Å². The summed E-state index contributed by atoms with van der Waals surface area (Å²) >= 11 is 0. The molecule has 0 unspecified atom stereocenters. The van der Waals surface area contributed by atoms with Gasteiger partial charge in [-0.15, -0.1) is 0 Å². The Bertz CT molecular complexity index is 157. The number of hydrogen-bond donors (Lipinski definition) is 1. The molecule has 0 saturated carbocycles. The van der Waals surface area contributed by atoms with Gasteiger partial charge in [-0.05, 0) is 13.8 Å². The van der Waals surface area contributed by atoms with E-state index in [1.165, 1.54) is 0 Å². The van der Waals surface area contributed by atoms with E-state index in [1.54, 1.807) is 13.8 Å². The van der Waals surface area contributed by atoms with Crippen LogP contribution in [-0.4, -0.2) is 31.1 Å². The van der Waals surface area contributed by atoms with Gasteiger partial charge in [-0.3, -0.25) is 0 Å². The molecule has 0 aromatic carbocycles. The maximum atomic E-state index is 10.8. The fourth-order valence-electron chi connectivity index (χ4n) is 0.363. The molecule has 0 rings (SSSR count). The summed E-state index contributed by atoms with van der Waals surface area (Å²) in [6, 6.07) is 0. The molecule has 1 N–H and O–H groups in total. The molecule has 0 heterocycles. The molecule has 4 heteroatoms. The lowest BCUT2D eigenvalue weighted by atomic mass is 10.6. The van der Waals surface area contributed by atoms with Gasteiger partial charge in [0.05, 0.1) is 17.6 Å². The third-order valence-electron chi connectivity index (χ3n) is 1.09. The Balaban J connectivity index is 4.05. The molecular formula is C5H12O3S. The minimum atomic E-state index is -3.00. The van der Waals surface area contributed by atoms with Crippen molar-refractivity contribution >= 4 is 9.84 Å². The fourth-order valence-corrected chi connectivity index (χ4v) is 1.09. The molecule has 0 amide bonds. The lowest BCUT2D eigenvalue weighted by Crippen LogP contribution is -2.19. The van der Waals surface area contributed by atoms with E-state index in [0.717, 1.165) is 0 Å². The van der Waals surface area contributed by atoms with Crippen molar-refractivity contribution in [3.05, 3.63) is 0 Å². The van der Waals surface area contributed by atoms with Crippen LogP contribution in [-0.2, 0) is 9.84 Å². The second-order valence-electron chi connectivity index (χ2n) is 2.14. The summed E-state index contributed by atoms with van der Waals surface area (Å²) < 4.78 is 21.5. The molecule has 0 spiro atoms. The summed E-state index contributed by atoms with van der Waals surface area (Å²) in [6.07, 6.45) is 0. The Morgan fingerprint density at radius 3 is 2.00 bits per heavy atom. The summed E-state index contributed by atoms with van der Waals surface area (Å²) in [5.41, 5.74) is 0. The number of sulfone groups is 1. The van der Waals surface area contributed by atoms with Crippen molar-refractivity contribution in [3.8, 4) is 0 Å². The van der Waals surface area contributed by atoms with Crippen LogP contribution < -0.4 is 0 Å². The predicted octanol–water partition coefficient (Wildman–Crippen LogP) is -0.198. The first-order valence-electron chi connectivity index (χ1n) is 2.83. The molecule has 9 heavy (non-hydrogen) atoms. The third-order valence-corrected chi connectivity index (χ3v) is 3.28. The SMILES string of the molecule is CC(C)S(=O)(=O)CCO. The van der Waals surface area contributed by atoms with Crippen molar-refractivity contribution in [2.45, 2.75) is 19.1 Å². The lowest BCUT2D eigenvalue weighted by Gasteiger charge is -2.03. The monoisotopic (exact) mass is 152 g/mol. The summed E-state index contributed by atoms with van der Waals surface area (Å²) in [6.45, 7) is 2.93. The Labute approximate surface area is 55.6 Å². The molecule has 0 aromatic heterocycles. The van der Waals surface area contributed by atoms with Gasteiger partial charge in [0.15, 0.2) is 9.84 Å². The van der Waals surface area contributed by atoms with E-state index < -0.39 is 9.84 Å². The standard InChI is InChI=1S/C5H12O3S/c1-5(2)9(7,8)4-3-6/h5-6H,3-4H2,1-2H3. The number of hydrogen-bond acceptors (Lipinski definition) is 3. The summed E-state index contributed by atoms with van der Waals surface area (Å²) in [4.78, 5) is 0. The molecule has 56 valence electrons. The average Bonchev–Trinajstić information content (AvgIpc) is 1.65. The van der Waals surface area contributed by atoms with Crippen molar-refractivity contribution in [1.29, 1.82) is 0 Å². The molecule has 0 atom stereocenters. The second-order valence-corrected chi connectivity index (χ2v) is 4.82. The second kappa shape index (κ2) is 3.17. The Morgan fingerprint density at radius 1 is 1.44 bits per heavy atom. The van der Waals surface area contributed by atoms with Crippen LogP contribution in [0, 0.1) is 0 Å². The first kappa shape index (κ1) is 8.91. The summed E-state index contributed by atoms with van der Waals surface area (Å²) in [5, 5.41) is 7.90. The Kier molecular flexibility index (Phi) is 3.14. The van der Waals surface area contributed by atoms with Crippen LogP contribution in [0.1, 0.15) is 13.8 Å². The van der Waals surface area contributed by atoms with E-state index in [-0.39, 0.29) is 17.6 Å². The van der Waals surface area contributed by atoms with Crippen LogP contribution in [0.3, 0.4) is 0 Å². The zero-order chi connectivity index (χ0) is 7.49. The van der Waals surface area contributed by atoms with E-state index in [9.17, 15) is 8.42 Å². The maximum absolute atomic E-state index is 10.8. The summed E-state index contributed by atoms with van der Waals surface area (Å²) in [7, 11) is -3.00. The van der Waals surface area contributed by atoms with Crippen molar-refractivity contribution in [2.75, 3.05) is 12.4 Å². The summed E-state index contributed by atoms with van der Waals surface area (Å²) in [5.74, 6) is -0.120. The van der Waals surface area contributed by atoms with Crippen LogP contribution in [0.15, 0.2) is 0 Å². The van der Waals surface area contributed by atoms with Crippen molar-refractivity contribution in [2.24, 2.45) is 0 Å². The topological polar surface area (TPSA) is 54.4 Å². The van der Waals surface area contributed by atoms with Crippen molar-refractivity contribution < 1.29 is 13.5 Å². The van der Waals surface area contributed by atoms with Crippen molar-refractivity contribution in [1.82, 2.24) is 0 Å². The van der Waals surface area contributed by atoms with Crippen LogP contribution in [0.5, 0.6) is 0 Å². The highest BCUT2D eigenvalue weighted by molar-refractivity contribution is 7.91. The smallest absolute Gasteiger partial charge is 0.154 e. The lowest BCUT2D eigenvalue weighted by molar-refractivity contribution is 0.319. The van der Waals surface area contributed by atoms with Gasteiger partial charge in [-0.2, -0.15) is 0 Å². The molecule has 0 aliphatic carbocycles. The van der Waals surface area contributed by atoms with E-state index in [2.05, 4.69) is 0 Å².